The van der Waals surface area contributed by atoms with Gasteiger partial charge in [-0.05, 0) is 150 Å². The zero-order chi connectivity index (χ0) is 75.2. The van der Waals surface area contributed by atoms with E-state index in [1.54, 1.807) is 0 Å². The highest BCUT2D eigenvalue weighted by Crippen LogP contribution is 2.45. The molecule has 24 rings (SSSR count). The highest BCUT2D eigenvalue weighted by Gasteiger charge is 2.20. The molecule has 0 aliphatic carbocycles. The van der Waals surface area contributed by atoms with E-state index in [-0.39, 0.29) is 0 Å². The molecule has 3 nitrogen and oxygen atoms in total. The van der Waals surface area contributed by atoms with Crippen molar-refractivity contribution in [1.82, 2.24) is 13.7 Å². The van der Waals surface area contributed by atoms with Gasteiger partial charge in [-0.3, -0.25) is 0 Å². The Balaban J connectivity index is 0.000000104. The fourth-order valence-electron chi connectivity index (χ4n) is 18.0. The molecular weight excluding hydrogens is 1440 g/mol. The van der Waals surface area contributed by atoms with Gasteiger partial charge in [-0.25, -0.2) is 0 Å². The molecule has 0 aliphatic rings. The fraction of sp³-hybridized carbons (Fsp3) is 0. The van der Waals surface area contributed by atoms with Crippen LogP contribution in [0.4, 0.5) is 0 Å². The van der Waals surface area contributed by atoms with Crippen LogP contribution in [-0.4, -0.2) is 13.7 Å². The lowest BCUT2D eigenvalue weighted by molar-refractivity contribution is 1.18. The standard InChI is InChI=1S/3C36H23NS/c1-3-14-26-24(12-1)25-13-2-4-15-27(25)29-17-6-9-21-33(29)37(32-20-8-5-16-28(26)32)34-22-11-19-31-30-18-7-10-23-35(30)38-36(31)34;1-3-14-26-24(12-1)25-13-2-4-15-27(25)29-17-6-9-20-32(29)37(31-19-8-5-16-28(26)31)33-21-11-23-35-36(33)30-18-7-10-22-34(30)38-35;1-3-13-27-25(11-1)26-12-2-4-14-28(26)30-16-6-9-19-34(30)37(33-18-8-5-15-29(27)33)24-21-22-32-31-17-7-10-20-35(31)38-36(32)23-24/h3*1-23H. The van der Waals surface area contributed by atoms with E-state index in [1.165, 1.54) is 208 Å². The summed E-state index contributed by atoms with van der Waals surface area (Å²) in [6.07, 6.45) is 0. The highest BCUT2D eigenvalue weighted by molar-refractivity contribution is 7.26. The molecule has 6 heteroatoms. The Kier molecular flexibility index (Phi) is 16.5. The van der Waals surface area contributed by atoms with Gasteiger partial charge in [0.2, 0.25) is 0 Å². The Bertz CT molecular complexity index is 7970. The van der Waals surface area contributed by atoms with Crippen LogP contribution in [-0.2, 0) is 0 Å². The van der Waals surface area contributed by atoms with E-state index in [9.17, 15) is 0 Å². The van der Waals surface area contributed by atoms with Crippen LogP contribution in [0.1, 0.15) is 0 Å². The predicted octanol–water partition coefficient (Wildman–Crippen LogP) is 31.7. The van der Waals surface area contributed by atoms with Crippen molar-refractivity contribution in [3.05, 3.63) is 419 Å². The van der Waals surface area contributed by atoms with Gasteiger partial charge in [-0.1, -0.05) is 334 Å². The maximum atomic E-state index is 2.49. The lowest BCUT2D eigenvalue weighted by Gasteiger charge is -2.15. The molecule has 24 aromatic rings. The Morgan fingerprint density at radius 3 is 0.763 bits per heavy atom. The quantitative estimate of drug-likeness (QED) is 0.167. The summed E-state index contributed by atoms with van der Waals surface area (Å²) in [5, 5.41) is 30.3. The van der Waals surface area contributed by atoms with E-state index >= 15 is 0 Å². The Morgan fingerprint density at radius 1 is 0.140 bits per heavy atom. The van der Waals surface area contributed by atoms with E-state index in [0.717, 1.165) is 0 Å². The second-order valence-corrected chi connectivity index (χ2v) is 32.4. The molecule has 0 N–H and O–H groups in total. The maximum absolute atomic E-state index is 2.49. The topological polar surface area (TPSA) is 14.8 Å². The van der Waals surface area contributed by atoms with Crippen LogP contribution in [0.5, 0.6) is 0 Å². The summed E-state index contributed by atoms with van der Waals surface area (Å²) in [7, 11) is 0. The van der Waals surface area contributed by atoms with Crippen molar-refractivity contribution < 1.29 is 0 Å². The molecule has 0 bridgehead atoms. The Morgan fingerprint density at radius 2 is 0.377 bits per heavy atom. The number of thiophene rings is 3. The SMILES string of the molecule is c1ccc2c(c1)sc1c(-n3c4ccccc4c4ccccc4c4ccccc4c4ccccc43)cccc12.c1ccc2c(c1)sc1cc(-n3c4ccccc4c4ccccc4c4ccccc4c4ccccc43)ccc12.c1ccc2c(c1)sc1cccc(-n3c4ccccc4c4ccccc4c4ccccc4c4ccccc43)c12. The van der Waals surface area contributed by atoms with Crippen molar-refractivity contribution in [2.75, 3.05) is 0 Å². The molecule has 534 valence electrons. The van der Waals surface area contributed by atoms with Gasteiger partial charge in [0, 0.05) is 93.8 Å². The van der Waals surface area contributed by atoms with Gasteiger partial charge >= 0.3 is 0 Å². The fourth-order valence-corrected chi connectivity index (χ4v) is 21.5. The number of nitrogens with zero attached hydrogens (tertiary/aromatic N) is 3. The van der Waals surface area contributed by atoms with Crippen LogP contribution >= 0.6 is 34.0 Å². The van der Waals surface area contributed by atoms with Crippen LogP contribution in [0.2, 0.25) is 0 Å². The van der Waals surface area contributed by atoms with E-state index < -0.39 is 0 Å². The summed E-state index contributed by atoms with van der Waals surface area (Å²) in [6, 6.07) is 153. The predicted molar refractivity (Wildman–Crippen MR) is 499 cm³/mol. The van der Waals surface area contributed by atoms with Gasteiger partial charge < -0.3 is 13.7 Å². The average molecular weight is 1500 g/mol. The highest BCUT2D eigenvalue weighted by atomic mass is 32.1. The summed E-state index contributed by atoms with van der Waals surface area (Å²) in [5.74, 6) is 0. The van der Waals surface area contributed by atoms with E-state index in [2.05, 4.69) is 432 Å². The molecule has 6 heterocycles. The smallest absolute Gasteiger partial charge is 0.0640 e. The number of aromatic nitrogens is 3. The summed E-state index contributed by atoms with van der Waals surface area (Å²) < 4.78 is 15.3. The molecule has 0 amide bonds. The first-order chi connectivity index (χ1) is 56.6. The number of benzene rings is 18. The first kappa shape index (κ1) is 67.0. The minimum Gasteiger partial charge on any atom is -0.309 e. The normalized spacial score (nSPS) is 11.7. The number of fused-ring (bicyclic) bond motifs is 30. The Hall–Kier alpha value is -14.0. The van der Waals surface area contributed by atoms with Crippen LogP contribution in [0.15, 0.2) is 419 Å². The van der Waals surface area contributed by atoms with Gasteiger partial charge in [-0.15, -0.1) is 34.0 Å². The van der Waals surface area contributed by atoms with Crippen LogP contribution in [0.25, 0.3) is 208 Å². The van der Waals surface area contributed by atoms with Gasteiger partial charge in [0.15, 0.2) is 0 Å². The Labute approximate surface area is 668 Å². The third-order valence-electron chi connectivity index (χ3n) is 22.9. The van der Waals surface area contributed by atoms with Crippen LogP contribution < -0.4 is 0 Å². The number of para-hydroxylation sites is 6. The molecule has 0 saturated heterocycles. The van der Waals surface area contributed by atoms with Crippen molar-refractivity contribution in [3.8, 4) is 17.1 Å². The van der Waals surface area contributed by atoms with E-state index in [1.807, 2.05) is 34.0 Å². The molecule has 0 aliphatic heterocycles. The molecule has 0 spiro atoms. The zero-order valence-electron chi connectivity index (χ0n) is 61.9. The second kappa shape index (κ2) is 28.1. The monoisotopic (exact) mass is 1500 g/mol. The third kappa shape index (κ3) is 11.1. The second-order valence-electron chi connectivity index (χ2n) is 29.2. The molecular formula is C108H69N3S3. The van der Waals surface area contributed by atoms with Gasteiger partial charge in [-0.2, -0.15) is 0 Å². The minimum absolute atomic E-state index is 1.17. The molecule has 114 heavy (non-hydrogen) atoms. The third-order valence-corrected chi connectivity index (χ3v) is 26.4. The van der Waals surface area contributed by atoms with Gasteiger partial charge in [0.05, 0.1) is 49.2 Å². The van der Waals surface area contributed by atoms with E-state index in [0.29, 0.717) is 0 Å². The summed E-state index contributed by atoms with van der Waals surface area (Å²) in [4.78, 5) is 0. The van der Waals surface area contributed by atoms with Crippen molar-refractivity contribution >= 4 is 225 Å². The van der Waals surface area contributed by atoms with Gasteiger partial charge in [0.25, 0.3) is 0 Å². The van der Waals surface area contributed by atoms with E-state index in [4.69, 9.17) is 0 Å². The summed E-state index contributed by atoms with van der Waals surface area (Å²) in [6.45, 7) is 0. The molecule has 0 saturated carbocycles. The number of rotatable bonds is 3. The zero-order valence-corrected chi connectivity index (χ0v) is 64.4. The van der Waals surface area contributed by atoms with Crippen LogP contribution in [0.3, 0.4) is 0 Å². The average Bonchev–Trinajstić information content (AvgIpc) is 1.58. The molecule has 0 atom stereocenters. The van der Waals surface area contributed by atoms with Crippen molar-refractivity contribution in [3.63, 3.8) is 0 Å². The first-order valence-corrected chi connectivity index (χ1v) is 41.3. The minimum atomic E-state index is 1.17. The van der Waals surface area contributed by atoms with Crippen molar-refractivity contribution in [1.29, 1.82) is 0 Å². The molecule has 0 unspecified atom stereocenters. The first-order valence-electron chi connectivity index (χ1n) is 38.9. The largest absolute Gasteiger partial charge is 0.309 e. The molecule has 0 fully saturated rings. The van der Waals surface area contributed by atoms with Crippen molar-refractivity contribution in [2.24, 2.45) is 0 Å². The van der Waals surface area contributed by atoms with Crippen molar-refractivity contribution in [2.45, 2.75) is 0 Å². The summed E-state index contributed by atoms with van der Waals surface area (Å²) in [5.41, 5.74) is 10.7. The molecule has 18 aromatic carbocycles. The molecule has 0 radical (unpaired) electrons. The number of hydrogen-bond acceptors (Lipinski definition) is 3. The van der Waals surface area contributed by atoms with Crippen LogP contribution in [0, 0.1) is 0 Å². The maximum Gasteiger partial charge on any atom is 0.0640 e. The number of hydrogen-bond donors (Lipinski definition) is 0. The lowest BCUT2D eigenvalue weighted by atomic mass is 10.0. The molecule has 6 aromatic heterocycles. The lowest BCUT2D eigenvalue weighted by Crippen LogP contribution is -1.98. The van der Waals surface area contributed by atoms with Gasteiger partial charge in [0.1, 0.15) is 0 Å². The summed E-state index contributed by atoms with van der Waals surface area (Å²) >= 11 is 5.61.